The third kappa shape index (κ3) is 2.48. The van der Waals surface area contributed by atoms with Crippen LogP contribution in [0.3, 0.4) is 0 Å². The summed E-state index contributed by atoms with van der Waals surface area (Å²) in [5, 5.41) is 0. The number of carbonyl (C=O) groups excluding carboxylic acids is 1. The van der Waals surface area contributed by atoms with Gasteiger partial charge in [0.25, 0.3) is 5.78 Å². The van der Waals surface area contributed by atoms with E-state index in [0.29, 0.717) is 16.9 Å². The lowest BCUT2D eigenvalue weighted by atomic mass is 9.96. The van der Waals surface area contributed by atoms with Gasteiger partial charge in [0.2, 0.25) is 0 Å². The van der Waals surface area contributed by atoms with E-state index in [1.165, 1.54) is 0 Å². The van der Waals surface area contributed by atoms with Crippen LogP contribution in [0, 0.1) is 0 Å². The van der Waals surface area contributed by atoms with Crippen LogP contribution in [0.2, 0.25) is 0 Å². The highest BCUT2D eigenvalue weighted by molar-refractivity contribution is 6.34. The molecule has 4 heteroatoms. The van der Waals surface area contributed by atoms with Gasteiger partial charge in [-0.25, -0.2) is 0 Å². The van der Waals surface area contributed by atoms with Crippen LogP contribution < -0.4 is 0 Å². The molecule has 0 bridgehead atoms. The maximum atomic E-state index is 12.0. The first-order valence-electron chi connectivity index (χ1n) is 6.99. The number of Topliss-reactive ketones (excluding diaryl/α,β-unsaturated/α-hetero) is 1. The molecule has 108 valence electrons. The Hall–Kier alpha value is -2.97. The molecule has 0 fully saturated rings. The van der Waals surface area contributed by atoms with Gasteiger partial charge in [0.1, 0.15) is 11.9 Å². The van der Waals surface area contributed by atoms with Crippen molar-refractivity contribution in [3.05, 3.63) is 76.3 Å². The molecule has 2 aromatic carbocycles. The molecule has 0 spiro atoms. The van der Waals surface area contributed by atoms with E-state index in [4.69, 9.17) is 10.3 Å². The molecule has 1 atom stereocenters. The van der Waals surface area contributed by atoms with Crippen LogP contribution in [0.15, 0.2) is 48.5 Å². The monoisotopic (exact) mass is 290 g/mol. The molecule has 0 amide bonds. The van der Waals surface area contributed by atoms with E-state index in [1.54, 1.807) is 12.1 Å². The fourth-order valence-electron chi connectivity index (χ4n) is 2.62. The van der Waals surface area contributed by atoms with Crippen LogP contribution in [0.5, 0.6) is 0 Å². The SMILES string of the molecule is CC1OC(c2ccccc2C(=O)C=[N+]=[N-])=Cc2ccccc21. The van der Waals surface area contributed by atoms with Gasteiger partial charge in [-0.05, 0) is 24.1 Å². The Morgan fingerprint density at radius 1 is 1.18 bits per heavy atom. The summed E-state index contributed by atoms with van der Waals surface area (Å²) in [6.45, 7) is 1.98. The minimum absolute atomic E-state index is 0.0918. The van der Waals surface area contributed by atoms with Crippen molar-refractivity contribution in [2.45, 2.75) is 13.0 Å². The van der Waals surface area contributed by atoms with Crippen molar-refractivity contribution >= 4 is 23.8 Å². The number of fused-ring (bicyclic) bond motifs is 1. The predicted octanol–water partition coefficient (Wildman–Crippen LogP) is 3.76. The van der Waals surface area contributed by atoms with E-state index in [-0.39, 0.29) is 11.9 Å². The van der Waals surface area contributed by atoms with Gasteiger partial charge in [-0.1, -0.05) is 48.5 Å². The van der Waals surface area contributed by atoms with Crippen LogP contribution >= 0.6 is 0 Å². The van der Waals surface area contributed by atoms with Gasteiger partial charge in [-0.3, -0.25) is 4.79 Å². The van der Waals surface area contributed by atoms with Gasteiger partial charge in [-0.15, -0.1) is 0 Å². The van der Waals surface area contributed by atoms with Gasteiger partial charge >= 0.3 is 6.21 Å². The predicted molar refractivity (Wildman–Crippen MR) is 84.3 cm³/mol. The molecule has 0 saturated heterocycles. The Bertz CT molecular complexity index is 817. The van der Waals surface area contributed by atoms with E-state index in [9.17, 15) is 4.79 Å². The summed E-state index contributed by atoms with van der Waals surface area (Å²) < 4.78 is 5.97. The molecule has 0 radical (unpaired) electrons. The van der Waals surface area contributed by atoms with Gasteiger partial charge in [0.15, 0.2) is 0 Å². The van der Waals surface area contributed by atoms with E-state index in [2.05, 4.69) is 4.79 Å². The van der Waals surface area contributed by atoms with E-state index in [1.807, 2.05) is 49.4 Å². The van der Waals surface area contributed by atoms with Crippen molar-refractivity contribution < 1.29 is 14.3 Å². The molecule has 3 rings (SSSR count). The zero-order valence-electron chi connectivity index (χ0n) is 12.1. The minimum Gasteiger partial charge on any atom is -0.485 e. The first kappa shape index (κ1) is 14.0. The zero-order chi connectivity index (χ0) is 15.5. The summed E-state index contributed by atoms with van der Waals surface area (Å²) in [4.78, 5) is 14.9. The molecule has 2 aromatic rings. The second kappa shape index (κ2) is 5.80. The van der Waals surface area contributed by atoms with Gasteiger partial charge in [0, 0.05) is 11.1 Å². The van der Waals surface area contributed by atoms with E-state index < -0.39 is 0 Å². The number of ether oxygens (including phenoxy) is 1. The van der Waals surface area contributed by atoms with Crippen molar-refractivity contribution in [3.8, 4) is 0 Å². The zero-order valence-corrected chi connectivity index (χ0v) is 12.1. The molecule has 1 aliphatic rings. The summed E-state index contributed by atoms with van der Waals surface area (Å²) in [5.41, 5.74) is 11.9. The molecule has 1 aliphatic heterocycles. The quantitative estimate of drug-likeness (QED) is 0.374. The summed E-state index contributed by atoms with van der Waals surface area (Å²) in [5.74, 6) is 0.274. The van der Waals surface area contributed by atoms with Crippen molar-refractivity contribution in [3.63, 3.8) is 0 Å². The third-order valence-electron chi connectivity index (χ3n) is 3.66. The second-order valence-corrected chi connectivity index (χ2v) is 5.05. The fourth-order valence-corrected chi connectivity index (χ4v) is 2.62. The second-order valence-electron chi connectivity index (χ2n) is 5.05. The largest absolute Gasteiger partial charge is 0.485 e. The molecule has 0 aliphatic carbocycles. The normalized spacial score (nSPS) is 15.9. The molecule has 0 N–H and O–H groups in total. The standard InChI is InChI=1S/C18H14N2O2/c1-12-14-7-3-2-6-13(14)10-18(22-12)16-9-5-4-8-15(16)17(21)11-20-19/h2-12H,1H3. The smallest absolute Gasteiger partial charge is 0.328 e. The number of hydrogen-bond acceptors (Lipinski definition) is 2. The number of carbonyl (C=O) groups is 1. The van der Waals surface area contributed by atoms with Gasteiger partial charge in [0.05, 0.1) is 0 Å². The highest BCUT2D eigenvalue weighted by Gasteiger charge is 2.22. The first-order chi connectivity index (χ1) is 10.7. The first-order valence-corrected chi connectivity index (χ1v) is 6.99. The van der Waals surface area contributed by atoms with Crippen molar-refractivity contribution in [1.82, 2.24) is 0 Å². The minimum atomic E-state index is -0.367. The van der Waals surface area contributed by atoms with E-state index in [0.717, 1.165) is 17.3 Å². The highest BCUT2D eigenvalue weighted by atomic mass is 16.5. The lowest BCUT2D eigenvalue weighted by Gasteiger charge is -2.25. The fraction of sp³-hybridized carbons (Fsp3) is 0.111. The van der Waals surface area contributed by atoms with Crippen LogP contribution in [0.25, 0.3) is 17.4 Å². The summed E-state index contributed by atoms with van der Waals surface area (Å²) in [7, 11) is 0. The molecule has 1 heterocycles. The summed E-state index contributed by atoms with van der Waals surface area (Å²) in [6.07, 6.45) is 2.72. The van der Waals surface area contributed by atoms with Crippen molar-refractivity contribution in [1.29, 1.82) is 0 Å². The summed E-state index contributed by atoms with van der Waals surface area (Å²) in [6, 6.07) is 15.1. The van der Waals surface area contributed by atoms with E-state index >= 15 is 0 Å². The molecule has 0 aromatic heterocycles. The molecule has 22 heavy (non-hydrogen) atoms. The van der Waals surface area contributed by atoms with Crippen LogP contribution in [-0.2, 0) is 4.74 Å². The number of benzene rings is 2. The number of rotatable bonds is 3. The summed E-state index contributed by atoms with van der Waals surface area (Å²) >= 11 is 0. The van der Waals surface area contributed by atoms with Crippen molar-refractivity contribution in [2.24, 2.45) is 0 Å². The Morgan fingerprint density at radius 2 is 1.91 bits per heavy atom. The van der Waals surface area contributed by atoms with Crippen molar-refractivity contribution in [2.75, 3.05) is 0 Å². The highest BCUT2D eigenvalue weighted by Crippen LogP contribution is 2.36. The molecule has 4 nitrogen and oxygen atoms in total. The van der Waals surface area contributed by atoms with Crippen LogP contribution in [-0.4, -0.2) is 16.8 Å². The number of nitrogens with zero attached hydrogens (tertiary/aromatic N) is 2. The Kier molecular flexibility index (Phi) is 3.69. The molecular formula is C18H14N2O2. The van der Waals surface area contributed by atoms with Gasteiger partial charge < -0.3 is 10.3 Å². The Labute approximate surface area is 128 Å². The third-order valence-corrected chi connectivity index (χ3v) is 3.66. The number of ketones is 1. The molecular weight excluding hydrogens is 276 g/mol. The maximum Gasteiger partial charge on any atom is 0.328 e. The van der Waals surface area contributed by atoms with Crippen LogP contribution in [0.1, 0.15) is 40.1 Å². The topological polar surface area (TPSA) is 62.7 Å². The molecule has 1 unspecified atom stereocenters. The Morgan fingerprint density at radius 3 is 2.73 bits per heavy atom. The number of hydrogen-bond donors (Lipinski definition) is 0. The average molecular weight is 290 g/mol. The average Bonchev–Trinajstić information content (AvgIpc) is 2.55. The lowest BCUT2D eigenvalue weighted by Crippen LogP contribution is -2.11. The maximum absolute atomic E-state index is 12.0. The van der Waals surface area contributed by atoms with Crippen LogP contribution in [0.4, 0.5) is 0 Å². The molecule has 0 saturated carbocycles. The lowest BCUT2D eigenvalue weighted by molar-refractivity contribution is 0.00234. The Balaban J connectivity index is 2.12. The van der Waals surface area contributed by atoms with Gasteiger partial charge in [-0.2, -0.15) is 4.79 Å².